The zero-order chi connectivity index (χ0) is 23.8. The first kappa shape index (κ1) is 22.6. The first-order chi connectivity index (χ1) is 15.7. The van der Waals surface area contributed by atoms with Gasteiger partial charge in [-0.05, 0) is 36.1 Å². The third-order valence-electron chi connectivity index (χ3n) is 6.37. The van der Waals surface area contributed by atoms with Crippen LogP contribution in [0.4, 0.5) is 4.79 Å². The van der Waals surface area contributed by atoms with Gasteiger partial charge >= 0.3 is 6.03 Å². The van der Waals surface area contributed by atoms with Gasteiger partial charge in [0.1, 0.15) is 12.1 Å². The van der Waals surface area contributed by atoms with E-state index >= 15 is 0 Å². The zero-order valence-electron chi connectivity index (χ0n) is 19.0. The molecule has 1 atom stereocenters. The van der Waals surface area contributed by atoms with Crippen LogP contribution in [0.3, 0.4) is 0 Å². The van der Waals surface area contributed by atoms with E-state index in [2.05, 4.69) is 19.2 Å². The minimum atomic E-state index is -1.22. The maximum atomic E-state index is 13.2. The number of benzene rings is 1. The Morgan fingerprint density at radius 3 is 2.24 bits per heavy atom. The highest BCUT2D eigenvalue weighted by atomic mass is 16.3. The molecule has 2 aliphatic rings. The summed E-state index contributed by atoms with van der Waals surface area (Å²) in [6.07, 6.45) is 1.44. The zero-order valence-corrected chi connectivity index (χ0v) is 19.0. The number of nitrogens with one attached hydrogen (secondary N) is 1. The molecule has 0 radical (unpaired) electrons. The van der Waals surface area contributed by atoms with Crippen LogP contribution >= 0.6 is 0 Å². The van der Waals surface area contributed by atoms with Crippen molar-refractivity contribution in [3.8, 4) is 0 Å². The summed E-state index contributed by atoms with van der Waals surface area (Å²) < 4.78 is 5.15. The van der Waals surface area contributed by atoms with Crippen LogP contribution in [0.1, 0.15) is 48.4 Å². The van der Waals surface area contributed by atoms with E-state index in [-0.39, 0.29) is 24.1 Å². The highest BCUT2D eigenvalue weighted by Crippen LogP contribution is 2.30. The van der Waals surface area contributed by atoms with E-state index in [9.17, 15) is 19.2 Å². The third-order valence-corrected chi connectivity index (χ3v) is 6.37. The fourth-order valence-electron chi connectivity index (χ4n) is 4.19. The van der Waals surface area contributed by atoms with Gasteiger partial charge in [-0.3, -0.25) is 19.3 Å². The summed E-state index contributed by atoms with van der Waals surface area (Å²) >= 11 is 0. The van der Waals surface area contributed by atoms with Crippen LogP contribution in [0.15, 0.2) is 47.1 Å². The second kappa shape index (κ2) is 8.73. The van der Waals surface area contributed by atoms with E-state index < -0.39 is 17.5 Å². The van der Waals surface area contributed by atoms with Gasteiger partial charge in [0, 0.05) is 26.2 Å². The third kappa shape index (κ3) is 4.22. The molecular weight excluding hydrogens is 424 g/mol. The lowest BCUT2D eigenvalue weighted by Gasteiger charge is -2.34. The molecule has 33 heavy (non-hydrogen) atoms. The molecule has 0 spiro atoms. The van der Waals surface area contributed by atoms with Crippen LogP contribution < -0.4 is 5.32 Å². The molecule has 9 heteroatoms. The number of hydrogen-bond acceptors (Lipinski definition) is 5. The van der Waals surface area contributed by atoms with Crippen molar-refractivity contribution in [2.45, 2.75) is 32.2 Å². The van der Waals surface area contributed by atoms with Crippen LogP contribution in [-0.4, -0.2) is 71.2 Å². The Bertz CT molecular complexity index is 1060. The standard InChI is InChI=1S/C24H28N4O5/c1-16(2)17-6-8-18(9-7-17)24(3)22(31)28(23(32)25-24)15-20(29)26-10-12-27(13-11-26)21(30)19-5-4-14-33-19/h4-9,14,16H,10-13,15H2,1-3H3,(H,25,32)/t24-/m0/s1. The van der Waals surface area contributed by atoms with Gasteiger partial charge in [0.25, 0.3) is 11.8 Å². The highest BCUT2D eigenvalue weighted by Gasteiger charge is 2.49. The molecule has 1 aromatic heterocycles. The molecule has 2 aliphatic heterocycles. The number of hydrogen-bond donors (Lipinski definition) is 1. The molecule has 1 N–H and O–H groups in total. The minimum absolute atomic E-state index is 0.222. The first-order valence-electron chi connectivity index (χ1n) is 11.1. The predicted octanol–water partition coefficient (Wildman–Crippen LogP) is 2.15. The molecule has 2 saturated heterocycles. The number of carbonyl (C=O) groups excluding carboxylic acids is 4. The molecule has 9 nitrogen and oxygen atoms in total. The maximum absolute atomic E-state index is 13.2. The Kier molecular flexibility index (Phi) is 5.97. The van der Waals surface area contributed by atoms with Crippen molar-refractivity contribution in [3.05, 3.63) is 59.5 Å². The quantitative estimate of drug-likeness (QED) is 0.701. The Hall–Kier alpha value is -3.62. The van der Waals surface area contributed by atoms with Gasteiger partial charge in [-0.25, -0.2) is 4.79 Å². The van der Waals surface area contributed by atoms with E-state index in [0.29, 0.717) is 37.7 Å². The molecule has 2 aromatic rings. The summed E-state index contributed by atoms with van der Waals surface area (Å²) in [4.78, 5) is 55.2. The number of amides is 5. The smallest absolute Gasteiger partial charge is 0.325 e. The first-order valence-corrected chi connectivity index (χ1v) is 11.1. The van der Waals surface area contributed by atoms with Crippen LogP contribution in [0.5, 0.6) is 0 Å². The number of rotatable bonds is 5. The molecule has 0 saturated carbocycles. The number of furan rings is 1. The Labute approximate surface area is 192 Å². The van der Waals surface area contributed by atoms with Crippen molar-refractivity contribution < 1.29 is 23.6 Å². The van der Waals surface area contributed by atoms with Gasteiger partial charge in [0.05, 0.1) is 6.26 Å². The van der Waals surface area contributed by atoms with Crippen LogP contribution in [-0.2, 0) is 15.1 Å². The Balaban J connectivity index is 1.38. The van der Waals surface area contributed by atoms with E-state index in [0.717, 1.165) is 10.5 Å². The monoisotopic (exact) mass is 452 g/mol. The molecule has 2 fully saturated rings. The van der Waals surface area contributed by atoms with Crippen molar-refractivity contribution in [2.75, 3.05) is 32.7 Å². The van der Waals surface area contributed by atoms with Gasteiger partial charge < -0.3 is 19.5 Å². The summed E-state index contributed by atoms with van der Waals surface area (Å²) in [5.41, 5.74) is 0.585. The fraction of sp³-hybridized carbons (Fsp3) is 0.417. The summed E-state index contributed by atoms with van der Waals surface area (Å²) in [7, 11) is 0. The van der Waals surface area contributed by atoms with Crippen LogP contribution in [0.25, 0.3) is 0 Å². The molecule has 0 bridgehead atoms. The highest BCUT2D eigenvalue weighted by molar-refractivity contribution is 6.09. The van der Waals surface area contributed by atoms with E-state index in [4.69, 9.17) is 4.42 Å². The molecule has 0 unspecified atom stereocenters. The predicted molar refractivity (Wildman–Crippen MR) is 119 cm³/mol. The van der Waals surface area contributed by atoms with Crippen molar-refractivity contribution in [1.82, 2.24) is 20.0 Å². The van der Waals surface area contributed by atoms with Gasteiger partial charge in [-0.15, -0.1) is 0 Å². The lowest BCUT2D eigenvalue weighted by atomic mass is 9.90. The number of carbonyl (C=O) groups is 4. The number of nitrogens with zero attached hydrogens (tertiary/aromatic N) is 3. The second-order valence-electron chi connectivity index (χ2n) is 8.87. The number of piperazine rings is 1. The van der Waals surface area contributed by atoms with Gasteiger partial charge in [-0.2, -0.15) is 0 Å². The Morgan fingerprint density at radius 1 is 1.03 bits per heavy atom. The average Bonchev–Trinajstić information content (AvgIpc) is 3.42. The van der Waals surface area contributed by atoms with Crippen molar-refractivity contribution in [3.63, 3.8) is 0 Å². The van der Waals surface area contributed by atoms with E-state index in [1.165, 1.54) is 6.26 Å². The maximum Gasteiger partial charge on any atom is 0.325 e. The summed E-state index contributed by atoms with van der Waals surface area (Å²) in [6.45, 7) is 6.83. The van der Waals surface area contributed by atoms with Crippen molar-refractivity contribution in [1.29, 1.82) is 0 Å². The van der Waals surface area contributed by atoms with Gasteiger partial charge in [0.15, 0.2) is 5.76 Å². The number of urea groups is 1. The Morgan fingerprint density at radius 2 is 1.67 bits per heavy atom. The summed E-state index contributed by atoms with van der Waals surface area (Å²) in [6, 6.07) is 10.2. The summed E-state index contributed by atoms with van der Waals surface area (Å²) in [5, 5.41) is 2.74. The van der Waals surface area contributed by atoms with E-state index in [1.54, 1.807) is 28.9 Å². The van der Waals surface area contributed by atoms with Crippen molar-refractivity contribution in [2.24, 2.45) is 0 Å². The minimum Gasteiger partial charge on any atom is -0.459 e. The average molecular weight is 453 g/mol. The molecular formula is C24H28N4O5. The molecule has 0 aliphatic carbocycles. The molecule has 1 aromatic carbocycles. The lowest BCUT2D eigenvalue weighted by molar-refractivity contribution is -0.139. The SMILES string of the molecule is CC(C)c1ccc([C@]2(C)NC(=O)N(CC(=O)N3CCN(C(=O)c4ccco4)CC3)C2=O)cc1. The van der Waals surface area contributed by atoms with Crippen molar-refractivity contribution >= 4 is 23.8 Å². The van der Waals surface area contributed by atoms with Crippen LogP contribution in [0.2, 0.25) is 0 Å². The molecule has 174 valence electrons. The fourth-order valence-corrected chi connectivity index (χ4v) is 4.19. The molecule has 3 heterocycles. The van der Waals surface area contributed by atoms with E-state index in [1.807, 2.05) is 24.3 Å². The molecule has 5 amide bonds. The second-order valence-corrected chi connectivity index (χ2v) is 8.87. The molecule has 4 rings (SSSR count). The van der Waals surface area contributed by atoms with Gasteiger partial charge in [0.2, 0.25) is 5.91 Å². The number of imide groups is 1. The summed E-state index contributed by atoms with van der Waals surface area (Å²) in [5.74, 6) is -0.396. The lowest BCUT2D eigenvalue weighted by Crippen LogP contribution is -2.53. The van der Waals surface area contributed by atoms with Gasteiger partial charge in [-0.1, -0.05) is 38.1 Å². The normalized spacial score (nSPS) is 21.0. The largest absolute Gasteiger partial charge is 0.459 e. The van der Waals surface area contributed by atoms with Crippen LogP contribution in [0, 0.1) is 0 Å². The topological polar surface area (TPSA) is 103 Å².